The Morgan fingerprint density at radius 3 is 2.52 bits per heavy atom. The molecule has 212 valence electrons. The van der Waals surface area contributed by atoms with E-state index in [0.717, 1.165) is 47.4 Å². The van der Waals surface area contributed by atoms with E-state index in [0.29, 0.717) is 5.69 Å². The minimum absolute atomic E-state index is 0.0270. The molecule has 1 unspecified atom stereocenters. The summed E-state index contributed by atoms with van der Waals surface area (Å²) in [7, 11) is 3.92. The van der Waals surface area contributed by atoms with E-state index >= 15 is 4.39 Å². The molecule has 1 aliphatic rings. The Balaban J connectivity index is 1.52. The number of ketones is 1. The number of nitrogens with zero attached hydrogens (tertiary/aromatic N) is 3. The van der Waals surface area contributed by atoms with E-state index in [4.69, 9.17) is 11.6 Å². The van der Waals surface area contributed by atoms with Crippen LogP contribution in [0, 0.1) is 5.82 Å². The van der Waals surface area contributed by atoms with Gasteiger partial charge in [-0.2, -0.15) is 8.78 Å². The van der Waals surface area contributed by atoms with Gasteiger partial charge in [-0.1, -0.05) is 35.9 Å². The minimum atomic E-state index is -2.92. The predicted octanol–water partition coefficient (Wildman–Crippen LogP) is 6.35. The summed E-state index contributed by atoms with van der Waals surface area (Å²) in [6, 6.07) is 9.20. The fourth-order valence-electron chi connectivity index (χ4n) is 5.12. The molecule has 1 heterocycles. The first-order valence-electron chi connectivity index (χ1n) is 12.6. The number of nitrogens with one attached hydrogen (secondary N) is 2. The van der Waals surface area contributed by atoms with Crippen LogP contribution in [0.15, 0.2) is 55.0 Å². The van der Waals surface area contributed by atoms with Crippen molar-refractivity contribution in [3.8, 4) is 0 Å². The summed E-state index contributed by atoms with van der Waals surface area (Å²) in [6.07, 6.45) is 5.14. The maximum absolute atomic E-state index is 15.4. The second kappa shape index (κ2) is 12.8. The number of aromatic nitrogens is 2. The van der Waals surface area contributed by atoms with Gasteiger partial charge in [0.2, 0.25) is 5.78 Å². The van der Waals surface area contributed by atoms with Gasteiger partial charge in [-0.25, -0.2) is 14.4 Å². The van der Waals surface area contributed by atoms with E-state index in [9.17, 15) is 18.4 Å². The van der Waals surface area contributed by atoms with Crippen LogP contribution >= 0.6 is 34.2 Å². The summed E-state index contributed by atoms with van der Waals surface area (Å²) >= 11 is 7.69. The molecule has 1 saturated carbocycles. The molecule has 2 N–H and O–H groups in total. The number of carbonyl (C=O) groups is 2. The SMILES string of the molecule is CN(C)[C@H]1C[C@@H](c2ccc(C(F)(F)I)cc2)CC[C@@H]1Nc1cc(F)c(C(Nc2ccncn2)C(=O)C=O)cc1Cl. The first kappa shape index (κ1) is 30.2. The zero-order valence-corrected chi connectivity index (χ0v) is 24.7. The number of rotatable bonds is 10. The molecule has 40 heavy (non-hydrogen) atoms. The maximum Gasteiger partial charge on any atom is 0.321 e. The number of hydrogen-bond donors (Lipinski definition) is 2. The quantitative estimate of drug-likeness (QED) is 0.111. The fourth-order valence-corrected chi connectivity index (χ4v) is 5.71. The molecule has 7 nitrogen and oxygen atoms in total. The van der Waals surface area contributed by atoms with Gasteiger partial charge in [0.05, 0.1) is 10.7 Å². The summed E-state index contributed by atoms with van der Waals surface area (Å²) in [6.45, 7) is 0. The summed E-state index contributed by atoms with van der Waals surface area (Å²) in [4.78, 5) is 33.5. The average Bonchev–Trinajstić information content (AvgIpc) is 2.93. The highest BCUT2D eigenvalue weighted by atomic mass is 127. The van der Waals surface area contributed by atoms with Crippen molar-refractivity contribution in [3.05, 3.63) is 82.5 Å². The van der Waals surface area contributed by atoms with Gasteiger partial charge in [0, 0.05) is 52.0 Å². The third-order valence-corrected chi connectivity index (χ3v) is 8.14. The molecule has 0 saturated heterocycles. The number of halogens is 5. The van der Waals surface area contributed by atoms with Crippen LogP contribution in [0.25, 0.3) is 0 Å². The van der Waals surface area contributed by atoms with E-state index in [-0.39, 0.29) is 46.3 Å². The molecule has 4 atom stereocenters. The molecule has 0 aliphatic heterocycles. The Morgan fingerprint density at radius 1 is 1.20 bits per heavy atom. The van der Waals surface area contributed by atoms with Crippen molar-refractivity contribution in [2.24, 2.45) is 0 Å². The van der Waals surface area contributed by atoms with Crippen LogP contribution in [-0.4, -0.2) is 53.1 Å². The zero-order chi connectivity index (χ0) is 29.0. The van der Waals surface area contributed by atoms with Gasteiger partial charge >= 0.3 is 3.93 Å². The van der Waals surface area contributed by atoms with Crippen molar-refractivity contribution >= 4 is 57.8 Å². The van der Waals surface area contributed by atoms with Gasteiger partial charge in [0.1, 0.15) is 24.0 Å². The van der Waals surface area contributed by atoms with Crippen molar-refractivity contribution in [3.63, 3.8) is 0 Å². The lowest BCUT2D eigenvalue weighted by Gasteiger charge is -2.41. The molecule has 1 aliphatic carbocycles. The molecule has 3 aromatic rings. The van der Waals surface area contributed by atoms with Crippen molar-refractivity contribution in [2.45, 2.75) is 47.2 Å². The number of benzene rings is 2. The third kappa shape index (κ3) is 7.10. The number of aldehydes is 1. The van der Waals surface area contributed by atoms with Crippen LogP contribution in [0.3, 0.4) is 0 Å². The van der Waals surface area contributed by atoms with E-state index in [2.05, 4.69) is 25.5 Å². The Hall–Kier alpha value is -2.77. The van der Waals surface area contributed by atoms with Crippen molar-refractivity contribution in [1.82, 2.24) is 14.9 Å². The number of likely N-dealkylation sites (N-methyl/N-ethyl adjacent to an activating group) is 1. The van der Waals surface area contributed by atoms with Gasteiger partial charge in [0.25, 0.3) is 0 Å². The third-order valence-electron chi connectivity index (χ3n) is 7.20. The Bertz CT molecular complexity index is 1340. The van der Waals surface area contributed by atoms with Crippen LogP contribution < -0.4 is 10.6 Å². The van der Waals surface area contributed by atoms with Crippen molar-refractivity contribution < 1.29 is 22.8 Å². The van der Waals surface area contributed by atoms with Crippen LogP contribution in [0.5, 0.6) is 0 Å². The highest BCUT2D eigenvalue weighted by molar-refractivity contribution is 14.1. The van der Waals surface area contributed by atoms with Gasteiger partial charge in [-0.15, -0.1) is 0 Å². The fraction of sp³-hybridized carbons (Fsp3) is 0.357. The monoisotopic (exact) mass is 685 g/mol. The molecule has 4 rings (SSSR count). The van der Waals surface area contributed by atoms with Gasteiger partial charge in [-0.05, 0) is 63.0 Å². The number of Topliss-reactive ketones (excluding diaryl/α,β-unsaturated/α-hetero) is 1. The molecule has 0 spiro atoms. The van der Waals surface area contributed by atoms with Gasteiger partial charge in [-0.3, -0.25) is 9.59 Å². The Morgan fingerprint density at radius 2 is 1.93 bits per heavy atom. The zero-order valence-electron chi connectivity index (χ0n) is 21.8. The molecular weight excluding hydrogens is 658 g/mol. The highest BCUT2D eigenvalue weighted by Gasteiger charge is 2.34. The van der Waals surface area contributed by atoms with Crippen LogP contribution in [0.4, 0.5) is 24.7 Å². The number of anilines is 2. The number of hydrogen-bond acceptors (Lipinski definition) is 7. The lowest BCUT2D eigenvalue weighted by molar-refractivity contribution is -0.130. The number of carbonyl (C=O) groups excluding carboxylic acids is 2. The lowest BCUT2D eigenvalue weighted by atomic mass is 9.78. The van der Waals surface area contributed by atoms with Crippen LogP contribution in [-0.2, 0) is 13.5 Å². The van der Waals surface area contributed by atoms with Gasteiger partial charge in [0.15, 0.2) is 6.29 Å². The Kier molecular flexibility index (Phi) is 9.68. The highest BCUT2D eigenvalue weighted by Crippen LogP contribution is 2.40. The topological polar surface area (TPSA) is 87.2 Å². The van der Waals surface area contributed by atoms with E-state index < -0.39 is 21.6 Å². The minimum Gasteiger partial charge on any atom is -0.379 e. The first-order valence-corrected chi connectivity index (χ1v) is 14.0. The molecule has 1 aromatic heterocycles. The van der Waals surface area contributed by atoms with Crippen LogP contribution in [0.1, 0.15) is 47.9 Å². The molecule has 0 amide bonds. The molecule has 0 radical (unpaired) electrons. The molecular formula is C28H28ClF3IN5O2. The maximum atomic E-state index is 15.4. The first-order chi connectivity index (χ1) is 19.0. The standard InChI is InChI=1S/C28H28ClF3IN5O2/c1-38(2)24-11-17(16-3-6-18(7-4-16)28(31,32)33)5-8-22(24)36-23-13-21(30)19(12-20(23)29)27(25(40)14-39)37-26-9-10-34-15-35-26/h3-4,6-7,9-10,12-15,17,22,24,27,36H,5,8,11H2,1-2H3,(H,34,35,37)/t17-,22-,24-,27?/m0/s1. The molecule has 1 fully saturated rings. The Labute approximate surface area is 249 Å². The molecule has 2 aromatic carbocycles. The smallest absolute Gasteiger partial charge is 0.321 e. The summed E-state index contributed by atoms with van der Waals surface area (Å²) in [5.41, 5.74) is 1.26. The van der Waals surface area contributed by atoms with E-state index in [1.54, 1.807) is 12.1 Å². The lowest BCUT2D eigenvalue weighted by Crippen LogP contribution is -2.47. The van der Waals surface area contributed by atoms with Crippen molar-refractivity contribution in [1.29, 1.82) is 0 Å². The average molecular weight is 686 g/mol. The predicted molar refractivity (Wildman–Crippen MR) is 157 cm³/mol. The van der Waals surface area contributed by atoms with E-state index in [1.807, 2.05) is 14.1 Å². The largest absolute Gasteiger partial charge is 0.379 e. The van der Waals surface area contributed by atoms with Gasteiger partial charge < -0.3 is 15.5 Å². The second-order valence-electron chi connectivity index (χ2n) is 9.96. The summed E-state index contributed by atoms with van der Waals surface area (Å²) in [5.74, 6) is -1.16. The summed E-state index contributed by atoms with van der Waals surface area (Å²) in [5, 5.41) is 6.34. The van der Waals surface area contributed by atoms with Crippen molar-refractivity contribution in [2.75, 3.05) is 24.7 Å². The molecule has 0 bridgehead atoms. The molecule has 12 heteroatoms. The normalized spacial score (nSPS) is 20.1. The second-order valence-corrected chi connectivity index (χ2v) is 11.7. The van der Waals surface area contributed by atoms with E-state index in [1.165, 1.54) is 42.9 Å². The summed E-state index contributed by atoms with van der Waals surface area (Å²) < 4.78 is 39.7. The van der Waals surface area contributed by atoms with Crippen LogP contribution in [0.2, 0.25) is 5.02 Å². The number of alkyl halides is 3.